The van der Waals surface area contributed by atoms with Gasteiger partial charge in [-0.05, 0) is 243 Å². The van der Waals surface area contributed by atoms with Gasteiger partial charge in [-0.15, -0.1) is 0 Å². The van der Waals surface area contributed by atoms with Gasteiger partial charge in [0.2, 0.25) is 0 Å². The molecule has 0 amide bonds. The van der Waals surface area contributed by atoms with Crippen molar-refractivity contribution in [3.05, 3.63) is 459 Å². The van der Waals surface area contributed by atoms with Crippen LogP contribution in [0.4, 0.5) is 34.1 Å². The minimum absolute atomic E-state index is 0.235. The molecule has 8 heteroatoms. The van der Waals surface area contributed by atoms with Gasteiger partial charge < -0.3 is 28.1 Å². The van der Waals surface area contributed by atoms with E-state index in [1.54, 1.807) is 0 Å². The summed E-state index contributed by atoms with van der Waals surface area (Å²) in [7, 11) is 0. The Morgan fingerprint density at radius 3 is 0.860 bits per heavy atom. The lowest BCUT2D eigenvalue weighted by Gasteiger charge is -2.42. The lowest BCUT2D eigenvalue weighted by Crippen LogP contribution is -2.60. The van der Waals surface area contributed by atoms with Crippen LogP contribution in [0.15, 0.2) is 437 Å². The highest BCUT2D eigenvalue weighted by Crippen LogP contribution is 2.65. The molecule has 4 aliphatic heterocycles. The van der Waals surface area contributed by atoms with E-state index >= 15 is 0 Å². The first-order chi connectivity index (χ1) is 64.0. The average Bonchev–Trinajstić information content (AvgIpc) is 1.51. The zero-order valence-electron chi connectivity index (χ0n) is 69.9. The molecule has 592 valence electrons. The van der Waals surface area contributed by atoms with Crippen LogP contribution >= 0.6 is 0 Å². The quantitative estimate of drug-likeness (QED) is 0.142. The van der Waals surface area contributed by atoms with E-state index in [1.165, 1.54) is 220 Å². The maximum atomic E-state index is 2.71. The normalized spacial score (nSPS) is 13.6. The van der Waals surface area contributed by atoms with Crippen molar-refractivity contribution in [1.29, 1.82) is 0 Å². The third-order valence-corrected chi connectivity index (χ3v) is 29.8. The SMILES string of the molecule is c1ccc(-c2ccc3c(c2)c2cc(-c4ccccc4)cc4c2n3-c2cc(-n3c5ccccc5c5ccccc53)cc3c2B4c2cc4c(cc2N3c2ccccc2)C2(c3ccccc3-4)c3ccccc3-c3cc4c(cc32)N(c2ccccc2)c2cc(-n3c5ccccc5c5ccccc53)cc3c2B4c2cc(-c4ccccc4)cc4c5cc(-c6ccccc6)ccc5n-3c24)cc1. The van der Waals surface area contributed by atoms with Crippen LogP contribution in [-0.2, 0) is 5.41 Å². The van der Waals surface area contributed by atoms with Gasteiger partial charge in [0.1, 0.15) is 0 Å². The Hall–Kier alpha value is -16.7. The van der Waals surface area contributed by atoms with Crippen molar-refractivity contribution < 1.29 is 0 Å². The summed E-state index contributed by atoms with van der Waals surface area (Å²) in [6.45, 7) is -0.469. The van der Waals surface area contributed by atoms with E-state index in [0.717, 1.165) is 45.5 Å². The topological polar surface area (TPSA) is 26.2 Å². The zero-order valence-corrected chi connectivity index (χ0v) is 69.9. The number of rotatable bonds is 8. The number of anilines is 6. The predicted molar refractivity (Wildman–Crippen MR) is 541 cm³/mol. The number of hydrogen-bond acceptors (Lipinski definition) is 2. The van der Waals surface area contributed by atoms with E-state index in [2.05, 4.69) is 465 Å². The van der Waals surface area contributed by atoms with Crippen LogP contribution in [0, 0.1) is 0 Å². The van der Waals surface area contributed by atoms with Crippen LogP contribution in [-0.4, -0.2) is 31.7 Å². The predicted octanol–water partition coefficient (Wildman–Crippen LogP) is 26.3. The number of nitrogens with zero attached hydrogens (tertiary/aromatic N) is 6. The lowest BCUT2D eigenvalue weighted by molar-refractivity contribution is 0.794. The van der Waals surface area contributed by atoms with Crippen molar-refractivity contribution in [3.8, 4) is 89.5 Å². The first kappa shape index (κ1) is 69.7. The molecule has 1 spiro atoms. The van der Waals surface area contributed by atoms with Crippen molar-refractivity contribution in [2.24, 2.45) is 0 Å². The number of hydrogen-bond donors (Lipinski definition) is 0. The molecular weight excluding hydrogens is 1560 g/mol. The molecule has 0 atom stereocenters. The molecular formula is C121H72B2N6. The van der Waals surface area contributed by atoms with E-state index in [4.69, 9.17) is 0 Å². The van der Waals surface area contributed by atoms with Gasteiger partial charge in [0.15, 0.2) is 0 Å². The fourth-order valence-electron chi connectivity index (χ4n) is 24.7. The summed E-state index contributed by atoms with van der Waals surface area (Å²) in [5.74, 6) is 0. The maximum absolute atomic E-state index is 2.71. The second-order valence-electron chi connectivity index (χ2n) is 36.0. The van der Waals surface area contributed by atoms with Crippen LogP contribution in [0.1, 0.15) is 22.3 Å². The summed E-state index contributed by atoms with van der Waals surface area (Å²) in [6.07, 6.45) is 0. The monoisotopic (exact) mass is 1630 g/mol. The van der Waals surface area contributed by atoms with Crippen molar-refractivity contribution in [1.82, 2.24) is 18.3 Å². The Balaban J connectivity index is 0.725. The minimum Gasteiger partial charge on any atom is -0.311 e. The third kappa shape index (κ3) is 9.25. The van der Waals surface area contributed by atoms with Crippen molar-refractivity contribution in [3.63, 3.8) is 0 Å². The maximum Gasteiger partial charge on any atom is 0.252 e. The zero-order chi connectivity index (χ0) is 83.7. The molecule has 30 rings (SSSR count). The number of aromatic nitrogens is 4. The van der Waals surface area contributed by atoms with Crippen molar-refractivity contribution in [2.45, 2.75) is 5.41 Å². The Bertz CT molecular complexity index is 8440. The lowest BCUT2D eigenvalue weighted by atomic mass is 9.33. The van der Waals surface area contributed by atoms with Gasteiger partial charge in [-0.1, -0.05) is 315 Å². The van der Waals surface area contributed by atoms with Gasteiger partial charge in [0, 0.05) is 99.6 Å². The van der Waals surface area contributed by atoms with Gasteiger partial charge >= 0.3 is 0 Å². The van der Waals surface area contributed by atoms with Crippen LogP contribution in [0.25, 0.3) is 177 Å². The second kappa shape index (κ2) is 25.8. The average molecular weight is 1630 g/mol. The van der Waals surface area contributed by atoms with E-state index in [0.29, 0.717) is 0 Å². The molecule has 129 heavy (non-hydrogen) atoms. The molecule has 8 heterocycles. The van der Waals surface area contributed by atoms with Gasteiger partial charge in [0.05, 0.1) is 49.9 Å². The van der Waals surface area contributed by atoms with E-state index < -0.39 is 5.41 Å². The van der Waals surface area contributed by atoms with Crippen LogP contribution < -0.4 is 42.6 Å². The number of benzene rings is 20. The standard InChI is InChI=1S/C121H72B2N6/c1-7-31-73(32-8-1)77-55-57-109-93(59-77)95-61-79(75-35-11-3-12-36-75)63-103-119(95)128(109)115-67-83(126-105-51-27-21-45-87(105)88-46-22-28-52-106(88)126)65-113-117(115)122(103)101-69-91-85-43-19-25-49-97(85)121(99(91)71-111(101)124(113)81-39-15-5-16-40-81)98-50-26-20-44-86(98)92-70-102-112(72-100(92)121)125(82-41-17-6-18-42-82)114-66-84(127-107-53-29-23-47-89(107)90-48-24-30-54-108(90)127)68-116-118(114)123(102)104-64-80(76-37-13-4-14-38-76)62-96-94-60-78(74-33-9-2-10-34-74)56-58-110(94)129(116)120(96)104/h1-72H. The fourth-order valence-corrected chi connectivity index (χ4v) is 24.7. The van der Waals surface area contributed by atoms with Gasteiger partial charge in [0.25, 0.3) is 13.4 Å². The highest BCUT2D eigenvalue weighted by atomic mass is 15.2. The molecule has 0 saturated carbocycles. The largest absolute Gasteiger partial charge is 0.311 e. The molecule has 0 N–H and O–H groups in total. The fraction of sp³-hybridized carbons (Fsp3) is 0.00826. The summed E-state index contributed by atoms with van der Waals surface area (Å²) in [4.78, 5) is 5.34. The third-order valence-electron chi connectivity index (χ3n) is 29.8. The Kier molecular flexibility index (Phi) is 13.9. The summed E-state index contributed by atoms with van der Waals surface area (Å²) in [5, 5.41) is 9.82. The molecule has 2 aliphatic carbocycles. The molecule has 24 aromatic rings. The Morgan fingerprint density at radius 1 is 0.171 bits per heavy atom. The Morgan fingerprint density at radius 2 is 0.481 bits per heavy atom. The van der Waals surface area contributed by atoms with E-state index in [1.807, 2.05) is 0 Å². The first-order valence-electron chi connectivity index (χ1n) is 45.1. The smallest absolute Gasteiger partial charge is 0.252 e. The number of fused-ring (bicyclic) bond motifs is 30. The Labute approximate surface area is 744 Å². The summed E-state index contributed by atoms with van der Waals surface area (Å²) in [5.41, 5.74) is 47.3. The van der Waals surface area contributed by atoms with E-state index in [-0.39, 0.29) is 13.4 Å². The molecule has 0 saturated heterocycles. The van der Waals surface area contributed by atoms with Gasteiger partial charge in [-0.3, -0.25) is 0 Å². The minimum atomic E-state index is -0.842. The summed E-state index contributed by atoms with van der Waals surface area (Å²) < 4.78 is 10.4. The van der Waals surface area contributed by atoms with Gasteiger partial charge in [-0.2, -0.15) is 0 Å². The molecule has 6 nitrogen and oxygen atoms in total. The van der Waals surface area contributed by atoms with Crippen molar-refractivity contribution >= 4 is 168 Å². The highest BCUT2D eigenvalue weighted by molar-refractivity contribution is 7.01. The molecule has 0 unspecified atom stereocenters. The molecule has 4 aromatic heterocycles. The molecule has 20 aromatic carbocycles. The molecule has 0 radical (unpaired) electrons. The first-order valence-corrected chi connectivity index (χ1v) is 45.1. The second-order valence-corrected chi connectivity index (χ2v) is 36.0. The summed E-state index contributed by atoms with van der Waals surface area (Å²) >= 11 is 0. The van der Waals surface area contributed by atoms with Gasteiger partial charge in [-0.25, -0.2) is 0 Å². The molecule has 0 fully saturated rings. The van der Waals surface area contributed by atoms with Crippen LogP contribution in [0.3, 0.4) is 0 Å². The van der Waals surface area contributed by atoms with Crippen LogP contribution in [0.5, 0.6) is 0 Å². The van der Waals surface area contributed by atoms with Crippen LogP contribution in [0.2, 0.25) is 0 Å². The highest BCUT2D eigenvalue weighted by Gasteiger charge is 2.56. The number of para-hydroxylation sites is 6. The van der Waals surface area contributed by atoms with E-state index in [9.17, 15) is 0 Å². The molecule has 0 bridgehead atoms. The van der Waals surface area contributed by atoms with Crippen molar-refractivity contribution in [2.75, 3.05) is 9.80 Å². The summed E-state index contributed by atoms with van der Waals surface area (Å²) in [6, 6.07) is 168. The molecule has 6 aliphatic rings.